The summed E-state index contributed by atoms with van der Waals surface area (Å²) in [6, 6.07) is 10.8. The lowest BCUT2D eigenvalue weighted by Crippen LogP contribution is -2.23. The van der Waals surface area contributed by atoms with Crippen LogP contribution in [0.2, 0.25) is 0 Å². The molecule has 1 heterocycles. The smallest absolute Gasteiger partial charge is 0.322 e. The van der Waals surface area contributed by atoms with Crippen LogP contribution in [0, 0.1) is 0 Å². The highest BCUT2D eigenvalue weighted by Crippen LogP contribution is 2.30. The number of carbonyl (C=O) groups is 2. The van der Waals surface area contributed by atoms with Crippen molar-refractivity contribution in [1.29, 1.82) is 0 Å². The highest BCUT2D eigenvalue weighted by molar-refractivity contribution is 6.04. The number of carbonyl (C=O) groups excluding carboxylic acids is 2. The highest BCUT2D eigenvalue weighted by Gasteiger charge is 2.30. The van der Waals surface area contributed by atoms with Crippen molar-refractivity contribution in [2.45, 2.75) is 19.0 Å². The summed E-state index contributed by atoms with van der Waals surface area (Å²) in [7, 11) is 0. The fourth-order valence-corrected chi connectivity index (χ4v) is 2.66. The van der Waals surface area contributed by atoms with E-state index in [2.05, 4.69) is 5.32 Å². The minimum Gasteiger partial charge on any atom is -0.322 e. The zero-order valence-corrected chi connectivity index (χ0v) is 13.1. The molecule has 1 N–H and O–H groups in total. The van der Waals surface area contributed by atoms with Crippen molar-refractivity contribution in [3.63, 3.8) is 0 Å². The SMILES string of the molecule is O=C(Nc1ccc(C(F)(F)F)cc1)c1ccc(N2CCCC2=O)cc1. The van der Waals surface area contributed by atoms with E-state index >= 15 is 0 Å². The van der Waals surface area contributed by atoms with Crippen molar-refractivity contribution >= 4 is 23.2 Å². The van der Waals surface area contributed by atoms with Gasteiger partial charge in [0.05, 0.1) is 5.56 Å². The molecule has 2 amide bonds. The van der Waals surface area contributed by atoms with Crippen molar-refractivity contribution in [3.05, 3.63) is 59.7 Å². The zero-order valence-electron chi connectivity index (χ0n) is 13.1. The Morgan fingerprint density at radius 1 is 1.00 bits per heavy atom. The molecule has 130 valence electrons. The van der Waals surface area contributed by atoms with Crippen LogP contribution in [-0.4, -0.2) is 18.4 Å². The number of rotatable bonds is 3. The van der Waals surface area contributed by atoms with Gasteiger partial charge < -0.3 is 10.2 Å². The average molecular weight is 348 g/mol. The van der Waals surface area contributed by atoms with E-state index in [1.54, 1.807) is 29.2 Å². The van der Waals surface area contributed by atoms with Crippen LogP contribution < -0.4 is 10.2 Å². The van der Waals surface area contributed by atoms with E-state index in [-0.39, 0.29) is 11.6 Å². The van der Waals surface area contributed by atoms with E-state index in [4.69, 9.17) is 0 Å². The summed E-state index contributed by atoms with van der Waals surface area (Å²) < 4.78 is 37.6. The van der Waals surface area contributed by atoms with Gasteiger partial charge in [0.2, 0.25) is 5.91 Å². The monoisotopic (exact) mass is 348 g/mol. The number of amides is 2. The third kappa shape index (κ3) is 3.81. The lowest BCUT2D eigenvalue weighted by molar-refractivity contribution is -0.137. The van der Waals surface area contributed by atoms with Crippen molar-refractivity contribution in [1.82, 2.24) is 0 Å². The number of anilines is 2. The van der Waals surface area contributed by atoms with E-state index in [1.165, 1.54) is 12.1 Å². The Balaban J connectivity index is 1.68. The summed E-state index contributed by atoms with van der Waals surface area (Å²) in [5.74, 6) is -0.374. The van der Waals surface area contributed by atoms with Gasteiger partial charge in [-0.3, -0.25) is 9.59 Å². The van der Waals surface area contributed by atoms with Gasteiger partial charge in [0, 0.05) is 29.9 Å². The number of benzene rings is 2. The quantitative estimate of drug-likeness (QED) is 0.908. The molecule has 1 aliphatic heterocycles. The molecule has 0 atom stereocenters. The Kier molecular flexibility index (Phi) is 4.48. The fourth-order valence-electron chi connectivity index (χ4n) is 2.66. The molecule has 0 radical (unpaired) electrons. The zero-order chi connectivity index (χ0) is 18.0. The van der Waals surface area contributed by atoms with Gasteiger partial charge in [0.15, 0.2) is 0 Å². The summed E-state index contributed by atoms with van der Waals surface area (Å²) >= 11 is 0. The molecule has 2 aromatic rings. The molecule has 1 saturated heterocycles. The van der Waals surface area contributed by atoms with Crippen LogP contribution >= 0.6 is 0 Å². The second-order valence-electron chi connectivity index (χ2n) is 5.73. The first-order valence-corrected chi connectivity index (χ1v) is 7.73. The van der Waals surface area contributed by atoms with E-state index < -0.39 is 17.6 Å². The molecule has 1 fully saturated rings. The van der Waals surface area contributed by atoms with Crippen LogP contribution in [0.3, 0.4) is 0 Å². The number of hydrogen-bond acceptors (Lipinski definition) is 2. The maximum absolute atomic E-state index is 12.5. The Labute approximate surface area is 142 Å². The first-order valence-electron chi connectivity index (χ1n) is 7.73. The normalized spacial score (nSPS) is 14.7. The van der Waals surface area contributed by atoms with Gasteiger partial charge >= 0.3 is 6.18 Å². The van der Waals surface area contributed by atoms with Crippen molar-refractivity contribution in [2.75, 3.05) is 16.8 Å². The Hall–Kier alpha value is -2.83. The molecule has 3 rings (SSSR count). The molecule has 0 spiro atoms. The van der Waals surface area contributed by atoms with Crippen LogP contribution in [-0.2, 0) is 11.0 Å². The number of nitrogens with zero attached hydrogens (tertiary/aromatic N) is 1. The maximum Gasteiger partial charge on any atom is 0.416 e. The topological polar surface area (TPSA) is 49.4 Å². The van der Waals surface area contributed by atoms with E-state index in [1.807, 2.05) is 0 Å². The standard InChI is InChI=1S/C18H15F3N2O2/c19-18(20,21)13-5-7-14(8-6-13)22-17(25)12-3-9-15(10-4-12)23-11-1-2-16(23)24/h3-10H,1-2,11H2,(H,22,25). The number of hydrogen-bond donors (Lipinski definition) is 1. The van der Waals surface area contributed by atoms with Crippen LogP contribution in [0.15, 0.2) is 48.5 Å². The minimum absolute atomic E-state index is 0.0574. The van der Waals surface area contributed by atoms with Gasteiger partial charge in [0.1, 0.15) is 0 Å². The molecular formula is C18H15F3N2O2. The summed E-state index contributed by atoms with van der Waals surface area (Å²) in [6.07, 6.45) is -3.07. The molecule has 0 unspecified atom stereocenters. The minimum atomic E-state index is -4.41. The average Bonchev–Trinajstić information content (AvgIpc) is 3.01. The number of halogens is 3. The van der Waals surface area contributed by atoms with Crippen molar-refractivity contribution in [3.8, 4) is 0 Å². The summed E-state index contributed by atoms with van der Waals surface area (Å²) in [6.45, 7) is 0.663. The first-order chi connectivity index (χ1) is 11.8. The first kappa shape index (κ1) is 17.0. The second-order valence-corrected chi connectivity index (χ2v) is 5.73. The molecule has 0 aliphatic carbocycles. The summed E-state index contributed by atoms with van der Waals surface area (Å²) in [5, 5.41) is 2.55. The van der Waals surface area contributed by atoms with Gasteiger partial charge in [-0.1, -0.05) is 0 Å². The molecular weight excluding hydrogens is 333 g/mol. The molecule has 0 aromatic heterocycles. The van der Waals surface area contributed by atoms with Crippen molar-refractivity contribution in [2.24, 2.45) is 0 Å². The second kappa shape index (κ2) is 6.58. The Morgan fingerprint density at radius 2 is 1.64 bits per heavy atom. The summed E-state index contributed by atoms with van der Waals surface area (Å²) in [5.41, 5.74) is 0.589. The van der Waals surface area contributed by atoms with Crippen LogP contribution in [0.1, 0.15) is 28.8 Å². The van der Waals surface area contributed by atoms with Gasteiger partial charge in [-0.15, -0.1) is 0 Å². The summed E-state index contributed by atoms with van der Waals surface area (Å²) in [4.78, 5) is 25.5. The molecule has 2 aromatic carbocycles. The lowest BCUT2D eigenvalue weighted by atomic mass is 10.1. The van der Waals surface area contributed by atoms with Gasteiger partial charge in [0.25, 0.3) is 5.91 Å². The molecule has 7 heteroatoms. The molecule has 0 bridgehead atoms. The third-order valence-electron chi connectivity index (χ3n) is 3.98. The molecule has 1 aliphatic rings. The largest absolute Gasteiger partial charge is 0.416 e. The molecule has 25 heavy (non-hydrogen) atoms. The highest BCUT2D eigenvalue weighted by atomic mass is 19.4. The van der Waals surface area contributed by atoms with Gasteiger partial charge in [-0.2, -0.15) is 13.2 Å². The maximum atomic E-state index is 12.5. The fraction of sp³-hybridized carbons (Fsp3) is 0.222. The van der Waals surface area contributed by atoms with Crippen LogP contribution in [0.25, 0.3) is 0 Å². The number of nitrogens with one attached hydrogen (secondary N) is 1. The van der Waals surface area contributed by atoms with E-state index in [9.17, 15) is 22.8 Å². The van der Waals surface area contributed by atoms with E-state index in [0.717, 1.165) is 24.2 Å². The third-order valence-corrected chi connectivity index (χ3v) is 3.98. The van der Waals surface area contributed by atoms with E-state index in [0.29, 0.717) is 18.5 Å². The lowest BCUT2D eigenvalue weighted by Gasteiger charge is -2.15. The Bertz CT molecular complexity index is 783. The van der Waals surface area contributed by atoms with Gasteiger partial charge in [-0.05, 0) is 55.0 Å². The predicted octanol–water partition coefficient (Wildman–Crippen LogP) is 4.08. The van der Waals surface area contributed by atoms with Crippen LogP contribution in [0.4, 0.5) is 24.5 Å². The van der Waals surface area contributed by atoms with Crippen molar-refractivity contribution < 1.29 is 22.8 Å². The molecule has 0 saturated carbocycles. The molecule has 4 nitrogen and oxygen atoms in total. The number of alkyl halides is 3. The Morgan fingerprint density at radius 3 is 2.16 bits per heavy atom. The van der Waals surface area contributed by atoms with Crippen LogP contribution in [0.5, 0.6) is 0 Å². The van der Waals surface area contributed by atoms with Gasteiger partial charge in [-0.25, -0.2) is 0 Å². The predicted molar refractivity (Wildman–Crippen MR) is 87.4 cm³/mol.